The number of hydrogen-bond acceptors (Lipinski definition) is 11. The zero-order valence-corrected chi connectivity index (χ0v) is 29.3. The number of fused-ring (bicyclic) bond motifs is 1. The number of likely N-dealkylation sites (tertiary alicyclic amines) is 1. The predicted octanol–water partition coefficient (Wildman–Crippen LogP) is 2.29. The fraction of sp³-hybridized carbons (Fsp3) is 0.576. The van der Waals surface area contributed by atoms with Gasteiger partial charge >= 0.3 is 6.09 Å². The summed E-state index contributed by atoms with van der Waals surface area (Å²) in [6.07, 6.45) is 0.663. The van der Waals surface area contributed by atoms with Crippen molar-refractivity contribution in [3.8, 4) is 11.8 Å². The highest BCUT2D eigenvalue weighted by Crippen LogP contribution is 2.45. The highest BCUT2D eigenvalue weighted by atomic mass is 32.2. The van der Waals surface area contributed by atoms with Crippen molar-refractivity contribution in [2.24, 2.45) is 11.3 Å². The van der Waals surface area contributed by atoms with E-state index in [1.165, 1.54) is 11.0 Å². The molecule has 1 aliphatic heterocycles. The molecule has 3 aliphatic rings. The predicted molar refractivity (Wildman–Crippen MR) is 178 cm³/mol. The van der Waals surface area contributed by atoms with E-state index in [9.17, 15) is 32.7 Å². The second kappa shape index (κ2) is 12.8. The molecule has 0 bridgehead atoms. The molecule has 2 aliphatic carbocycles. The maximum atomic E-state index is 14.3. The molecule has 5 atom stereocenters. The Morgan fingerprint density at radius 3 is 2.27 bits per heavy atom. The van der Waals surface area contributed by atoms with Gasteiger partial charge in [-0.1, -0.05) is 39.0 Å². The van der Waals surface area contributed by atoms with Crippen molar-refractivity contribution in [3.63, 3.8) is 0 Å². The van der Waals surface area contributed by atoms with Crippen LogP contribution in [0.3, 0.4) is 0 Å². The van der Waals surface area contributed by atoms with Gasteiger partial charge in [-0.15, -0.1) is 6.58 Å². The fourth-order valence-corrected chi connectivity index (χ4v) is 7.21. The summed E-state index contributed by atoms with van der Waals surface area (Å²) in [5.41, 5.74) is -2.40. The van der Waals surface area contributed by atoms with E-state index in [-0.39, 0.29) is 25.3 Å². The van der Waals surface area contributed by atoms with Crippen LogP contribution in [0.2, 0.25) is 0 Å². The number of alkyl carbamates (subject to hydrolysis) is 1. The molecule has 266 valence electrons. The molecule has 16 heteroatoms. The molecule has 0 spiro atoms. The van der Waals surface area contributed by atoms with Crippen LogP contribution in [0.1, 0.15) is 67.2 Å². The first-order valence-electron chi connectivity index (χ1n) is 16.2. The molecular formula is C33H44N6O9S. The number of aromatic nitrogens is 2. The van der Waals surface area contributed by atoms with Crippen LogP contribution in [0, 0.1) is 11.3 Å². The Hall–Kier alpha value is -4.47. The Morgan fingerprint density at radius 1 is 1.08 bits per heavy atom. The summed E-state index contributed by atoms with van der Waals surface area (Å²) in [5.74, 6) is -3.47. The van der Waals surface area contributed by atoms with Gasteiger partial charge in [0.1, 0.15) is 29.3 Å². The Bertz CT molecular complexity index is 1780. The number of carbonyl (C=O) groups excluding carboxylic acids is 4. The molecule has 2 aromatic rings. The average molecular weight is 701 g/mol. The number of carbonyl (C=O) groups is 4. The van der Waals surface area contributed by atoms with Gasteiger partial charge in [0.15, 0.2) is 0 Å². The molecule has 4 amide bonds. The minimum absolute atomic E-state index is 0.0916. The van der Waals surface area contributed by atoms with Gasteiger partial charge in [-0.3, -0.25) is 19.1 Å². The summed E-state index contributed by atoms with van der Waals surface area (Å²) in [7, 11) is -3.91. The topological polar surface area (TPSA) is 206 Å². The van der Waals surface area contributed by atoms with Crippen molar-refractivity contribution in [3.05, 3.63) is 36.9 Å². The summed E-state index contributed by atoms with van der Waals surface area (Å²) < 4.78 is 38.8. The molecule has 15 nitrogen and oxygen atoms in total. The Morgan fingerprint density at radius 2 is 1.71 bits per heavy atom. The second-order valence-corrected chi connectivity index (χ2v) is 16.9. The lowest BCUT2D eigenvalue weighted by molar-refractivity contribution is -0.143. The fourth-order valence-electron chi connectivity index (χ4n) is 5.85. The molecule has 1 aromatic heterocycles. The van der Waals surface area contributed by atoms with Crippen LogP contribution in [0.5, 0.6) is 11.8 Å². The highest BCUT2D eigenvalue weighted by molar-refractivity contribution is 7.91. The lowest BCUT2D eigenvalue weighted by Gasteiger charge is -2.36. The number of benzene rings is 1. The number of hydrogen-bond donors (Lipinski definition) is 4. The van der Waals surface area contributed by atoms with E-state index in [2.05, 4.69) is 31.9 Å². The summed E-state index contributed by atoms with van der Waals surface area (Å²) >= 11 is 0. The van der Waals surface area contributed by atoms with E-state index < -0.39 is 85.6 Å². The van der Waals surface area contributed by atoms with Crippen molar-refractivity contribution in [1.82, 2.24) is 30.2 Å². The standard InChI is InChI=1S/C33H44N6O9S/c1-8-18-16-33(18,29(43)38-49(45,46)20-13-14-20)37-25(40)23-15-19(47-27-26(41)34-21-11-9-10-12-22(21)35-27)17-39(23)28(42)24(31(2,3)4)36-30(44)48-32(5,6)7/h8-12,18-20,23-24H,1,13-17H2,2-7H3,(H,34,41)(H,36,44)(H,37,40)(H,38,43)/t18?,19-,23+,24-,33-/m1/s1. The monoisotopic (exact) mass is 700 g/mol. The number of aromatic hydroxyl groups is 1. The zero-order valence-electron chi connectivity index (χ0n) is 28.5. The number of ether oxygens (including phenoxy) is 2. The molecule has 49 heavy (non-hydrogen) atoms. The molecule has 2 saturated carbocycles. The van der Waals surface area contributed by atoms with Crippen LogP contribution >= 0.6 is 0 Å². The maximum absolute atomic E-state index is 14.3. The summed E-state index contributed by atoms with van der Waals surface area (Å²) in [6, 6.07) is 4.45. The number of nitrogens with zero attached hydrogens (tertiary/aromatic N) is 3. The minimum atomic E-state index is -3.91. The first kappa shape index (κ1) is 35.8. The third-order valence-electron chi connectivity index (χ3n) is 8.67. The lowest BCUT2D eigenvalue weighted by atomic mass is 9.85. The minimum Gasteiger partial charge on any atom is -0.489 e. The molecule has 1 aromatic carbocycles. The first-order valence-corrected chi connectivity index (χ1v) is 17.7. The second-order valence-electron chi connectivity index (χ2n) is 15.0. The van der Waals surface area contributed by atoms with Gasteiger partial charge in [0.05, 0.1) is 22.8 Å². The van der Waals surface area contributed by atoms with E-state index in [0.29, 0.717) is 23.9 Å². The molecule has 1 saturated heterocycles. The first-order chi connectivity index (χ1) is 22.7. The van der Waals surface area contributed by atoms with Crippen molar-refractivity contribution in [2.45, 2.75) is 102 Å². The van der Waals surface area contributed by atoms with Crippen molar-refractivity contribution >= 4 is 44.9 Å². The smallest absolute Gasteiger partial charge is 0.408 e. The van der Waals surface area contributed by atoms with Gasteiger partial charge in [0, 0.05) is 12.3 Å². The van der Waals surface area contributed by atoms with Gasteiger partial charge in [-0.25, -0.2) is 23.2 Å². The normalized spacial score (nSPS) is 24.4. The maximum Gasteiger partial charge on any atom is 0.408 e. The summed E-state index contributed by atoms with van der Waals surface area (Å²) in [5, 5.41) is 15.3. The highest BCUT2D eigenvalue weighted by Gasteiger charge is 2.62. The number of nitrogens with one attached hydrogen (secondary N) is 3. The van der Waals surface area contributed by atoms with Gasteiger partial charge in [-0.2, -0.15) is 0 Å². The number of sulfonamides is 1. The molecular weight excluding hydrogens is 656 g/mol. The van der Waals surface area contributed by atoms with Crippen LogP contribution in [0.25, 0.3) is 11.0 Å². The quantitative estimate of drug-likeness (QED) is 0.265. The SMILES string of the molecule is C=CC1C[C@]1(NC(=O)[C@@H]1C[C@@H](Oc2nc3ccccc3nc2O)CN1C(=O)[C@@H](NC(=O)OC(C)(C)C)C(C)(C)C)C(=O)NS(=O)(=O)C1CC1. The van der Waals surface area contributed by atoms with Crippen LogP contribution in [-0.2, 0) is 29.1 Å². The van der Waals surface area contributed by atoms with E-state index in [4.69, 9.17) is 9.47 Å². The van der Waals surface area contributed by atoms with Crippen molar-refractivity contribution in [2.75, 3.05) is 6.54 Å². The third-order valence-corrected chi connectivity index (χ3v) is 10.5. The average Bonchev–Trinajstić information content (AvgIpc) is 3.91. The Kier molecular flexibility index (Phi) is 9.34. The van der Waals surface area contributed by atoms with E-state index in [1.807, 2.05) is 0 Å². The van der Waals surface area contributed by atoms with E-state index in [1.54, 1.807) is 65.8 Å². The van der Waals surface area contributed by atoms with Crippen molar-refractivity contribution in [1.29, 1.82) is 0 Å². The molecule has 1 unspecified atom stereocenters. The number of amides is 4. The number of para-hydroxylation sites is 2. The molecule has 5 rings (SSSR count). The van der Waals surface area contributed by atoms with Gasteiger partial charge in [-0.05, 0) is 57.6 Å². The van der Waals surface area contributed by atoms with Crippen molar-refractivity contribution < 1.29 is 42.2 Å². The van der Waals surface area contributed by atoms with Gasteiger partial charge in [0.25, 0.3) is 17.7 Å². The molecule has 2 heterocycles. The van der Waals surface area contributed by atoms with Gasteiger partial charge < -0.3 is 30.1 Å². The van der Waals surface area contributed by atoms with Crippen LogP contribution in [0.4, 0.5) is 4.79 Å². The van der Waals surface area contributed by atoms with Gasteiger partial charge in [0.2, 0.25) is 21.8 Å². The van der Waals surface area contributed by atoms with E-state index in [0.717, 1.165) is 0 Å². The van der Waals surface area contributed by atoms with Crippen LogP contribution in [0.15, 0.2) is 36.9 Å². The summed E-state index contributed by atoms with van der Waals surface area (Å²) in [6.45, 7) is 13.9. The third kappa shape index (κ3) is 7.89. The zero-order chi connectivity index (χ0) is 36.1. The van der Waals surface area contributed by atoms with Crippen LogP contribution < -0.4 is 20.1 Å². The molecule has 3 fully saturated rings. The largest absolute Gasteiger partial charge is 0.489 e. The molecule has 4 N–H and O–H groups in total. The summed E-state index contributed by atoms with van der Waals surface area (Å²) in [4.78, 5) is 64.4. The molecule has 0 radical (unpaired) electrons. The Balaban J connectivity index is 1.43. The van der Waals surface area contributed by atoms with Crippen LogP contribution in [-0.4, -0.2) is 93.3 Å². The Labute approximate surface area is 285 Å². The lowest BCUT2D eigenvalue weighted by Crippen LogP contribution is -2.60. The van der Waals surface area contributed by atoms with E-state index >= 15 is 0 Å². The number of rotatable bonds is 10.